The second-order valence-electron chi connectivity index (χ2n) is 10.9. The Balaban J connectivity index is 1.49. The van der Waals surface area contributed by atoms with Crippen molar-refractivity contribution in [3.8, 4) is 34.2 Å². The van der Waals surface area contributed by atoms with Gasteiger partial charge in [-0.05, 0) is 82.4 Å². The summed E-state index contributed by atoms with van der Waals surface area (Å²) in [5.41, 5.74) is 11.2. The van der Waals surface area contributed by atoms with Crippen LogP contribution in [-0.2, 0) is 22.7 Å². The number of likely N-dealkylation sites (N-methyl/N-ethyl adjacent to an activating group) is 2. The molecular formula is C35H36N4O3. The first-order valence-electron chi connectivity index (χ1n) is 14.4. The molecule has 6 rings (SSSR count). The van der Waals surface area contributed by atoms with Crippen molar-refractivity contribution in [2.75, 3.05) is 40.9 Å². The summed E-state index contributed by atoms with van der Waals surface area (Å²) in [4.78, 5) is 4.30. The minimum atomic E-state index is -0.173. The molecule has 2 N–H and O–H groups in total. The maximum absolute atomic E-state index is 9.45. The molecule has 7 heteroatoms. The molecule has 0 spiro atoms. The molecule has 0 saturated carbocycles. The van der Waals surface area contributed by atoms with Gasteiger partial charge in [0.25, 0.3) is 0 Å². The Morgan fingerprint density at radius 2 is 1.71 bits per heavy atom. The molecule has 3 atom stereocenters. The normalized spacial score (nSPS) is 19.4. The quantitative estimate of drug-likeness (QED) is 0.286. The predicted molar refractivity (Wildman–Crippen MR) is 163 cm³/mol. The Hall–Kier alpha value is -4.06. The van der Waals surface area contributed by atoms with E-state index < -0.39 is 0 Å². The van der Waals surface area contributed by atoms with Gasteiger partial charge in [-0.1, -0.05) is 42.5 Å². The molecule has 3 heterocycles. The smallest absolute Gasteiger partial charge is 0.213 e. The summed E-state index contributed by atoms with van der Waals surface area (Å²) in [6.07, 6.45) is 1.61. The maximum Gasteiger partial charge on any atom is 0.213 e. The summed E-state index contributed by atoms with van der Waals surface area (Å²) in [5.74, 6) is 0.938. The number of ether oxygens (including phenoxy) is 3. The molecule has 2 aliphatic rings. The third-order valence-corrected chi connectivity index (χ3v) is 8.51. The zero-order chi connectivity index (χ0) is 29.1. The molecule has 0 saturated heterocycles. The lowest BCUT2D eigenvalue weighted by Crippen LogP contribution is -2.31. The van der Waals surface area contributed by atoms with Crippen LogP contribution >= 0.6 is 0 Å². The first-order chi connectivity index (χ1) is 20.7. The van der Waals surface area contributed by atoms with Crippen molar-refractivity contribution in [3.63, 3.8) is 0 Å². The van der Waals surface area contributed by atoms with Crippen LogP contribution in [-0.4, -0.2) is 45.9 Å². The molecule has 1 unspecified atom stereocenters. The standard InChI is InChI=1S/C35H36N4O3/c1-37-17-25-19-41-20-32-27(25)11-12-29(34(32)23-9-7-22(16-36)8-10-23)35-30(18-38-2)28-6-4-5-26(31(28)21-42-35)24-13-14-39-33(15-24)40-3/h4-15,25,30,35,37-38H,17-21H2,1-3H3/t25-,30-,35?/m1/s1. The SMILES string of the molecule is CNC[C@@H]1COCc2c1ccc(C1OCc3c(-c4ccnc(OC)c4)cccc3[C@H]1CNC)c2-c1ccc(C#N)cc1. The summed E-state index contributed by atoms with van der Waals surface area (Å²) in [5, 5.41) is 16.2. The molecular weight excluding hydrogens is 524 g/mol. The van der Waals surface area contributed by atoms with Crippen LogP contribution < -0.4 is 15.4 Å². The number of nitrogens with one attached hydrogen (secondary N) is 2. The van der Waals surface area contributed by atoms with Crippen molar-refractivity contribution in [2.45, 2.75) is 31.2 Å². The maximum atomic E-state index is 9.45. The van der Waals surface area contributed by atoms with Crippen LogP contribution in [0.4, 0.5) is 0 Å². The Labute approximate surface area is 247 Å². The molecule has 214 valence electrons. The minimum absolute atomic E-state index is 0.0789. The molecule has 0 fully saturated rings. The molecule has 7 nitrogen and oxygen atoms in total. The lowest BCUT2D eigenvalue weighted by Gasteiger charge is -2.38. The number of hydrogen-bond donors (Lipinski definition) is 2. The van der Waals surface area contributed by atoms with Gasteiger partial charge in [0.05, 0.1) is 44.7 Å². The van der Waals surface area contributed by atoms with Gasteiger partial charge in [-0.25, -0.2) is 4.98 Å². The number of methoxy groups -OCH3 is 1. The third-order valence-electron chi connectivity index (χ3n) is 8.51. The Kier molecular flexibility index (Phi) is 8.31. The highest BCUT2D eigenvalue weighted by Gasteiger charge is 2.36. The van der Waals surface area contributed by atoms with Crippen LogP contribution in [0.3, 0.4) is 0 Å². The van der Waals surface area contributed by atoms with Gasteiger partial charge in [-0.15, -0.1) is 0 Å². The van der Waals surface area contributed by atoms with Gasteiger partial charge < -0.3 is 24.8 Å². The molecule has 0 amide bonds. The monoisotopic (exact) mass is 560 g/mol. The number of fused-ring (bicyclic) bond motifs is 2. The zero-order valence-electron chi connectivity index (χ0n) is 24.3. The number of nitrogens with zero attached hydrogens (tertiary/aromatic N) is 2. The number of nitriles is 1. The Bertz CT molecular complexity index is 1610. The molecule has 0 radical (unpaired) electrons. The number of rotatable bonds is 8. The van der Waals surface area contributed by atoms with Crippen LogP contribution in [0.15, 0.2) is 72.9 Å². The highest BCUT2D eigenvalue weighted by atomic mass is 16.5. The van der Waals surface area contributed by atoms with E-state index in [0.29, 0.717) is 31.3 Å². The number of benzene rings is 3. The van der Waals surface area contributed by atoms with Gasteiger partial charge in [0, 0.05) is 37.2 Å². The highest BCUT2D eigenvalue weighted by Crippen LogP contribution is 2.48. The molecule has 0 bridgehead atoms. The number of aromatic nitrogens is 1. The summed E-state index contributed by atoms with van der Waals surface area (Å²) in [6, 6.07) is 25.2. The lowest BCUT2D eigenvalue weighted by molar-refractivity contribution is 0.00687. The van der Waals surface area contributed by atoms with Crippen LogP contribution in [0.2, 0.25) is 0 Å². The molecule has 1 aromatic heterocycles. The van der Waals surface area contributed by atoms with E-state index in [0.717, 1.165) is 40.9 Å². The number of hydrogen-bond acceptors (Lipinski definition) is 7. The van der Waals surface area contributed by atoms with Gasteiger partial charge in [-0.3, -0.25) is 0 Å². The first kappa shape index (κ1) is 28.1. The van der Waals surface area contributed by atoms with Gasteiger partial charge in [0.1, 0.15) is 0 Å². The molecule has 2 aliphatic heterocycles. The van der Waals surface area contributed by atoms with E-state index in [9.17, 15) is 5.26 Å². The fourth-order valence-electron chi connectivity index (χ4n) is 6.59. The fraction of sp³-hybridized carbons (Fsp3) is 0.314. The van der Waals surface area contributed by atoms with E-state index in [1.165, 1.54) is 22.3 Å². The Morgan fingerprint density at radius 1 is 0.905 bits per heavy atom. The number of pyridine rings is 1. The van der Waals surface area contributed by atoms with Crippen molar-refractivity contribution < 1.29 is 14.2 Å². The van der Waals surface area contributed by atoms with Crippen molar-refractivity contribution in [1.82, 2.24) is 15.6 Å². The first-order valence-corrected chi connectivity index (χ1v) is 14.4. The van der Waals surface area contributed by atoms with E-state index >= 15 is 0 Å². The second kappa shape index (κ2) is 12.4. The summed E-state index contributed by atoms with van der Waals surface area (Å²) >= 11 is 0. The summed E-state index contributed by atoms with van der Waals surface area (Å²) in [7, 11) is 5.61. The lowest BCUT2D eigenvalue weighted by atomic mass is 9.77. The zero-order valence-corrected chi connectivity index (χ0v) is 24.3. The second-order valence-corrected chi connectivity index (χ2v) is 10.9. The third kappa shape index (κ3) is 5.19. The molecule has 3 aromatic carbocycles. The average molecular weight is 561 g/mol. The van der Waals surface area contributed by atoms with E-state index in [-0.39, 0.29) is 17.9 Å². The van der Waals surface area contributed by atoms with E-state index in [1.807, 2.05) is 38.4 Å². The van der Waals surface area contributed by atoms with Crippen LogP contribution in [0.25, 0.3) is 22.3 Å². The fourth-order valence-corrected chi connectivity index (χ4v) is 6.59. The molecule has 4 aromatic rings. The molecule has 0 aliphatic carbocycles. The largest absolute Gasteiger partial charge is 0.481 e. The van der Waals surface area contributed by atoms with Crippen molar-refractivity contribution in [2.24, 2.45) is 0 Å². The van der Waals surface area contributed by atoms with Crippen molar-refractivity contribution >= 4 is 0 Å². The van der Waals surface area contributed by atoms with Gasteiger partial charge >= 0.3 is 0 Å². The summed E-state index contributed by atoms with van der Waals surface area (Å²) in [6.45, 7) is 3.33. The van der Waals surface area contributed by atoms with Gasteiger partial charge in [-0.2, -0.15) is 5.26 Å². The highest BCUT2D eigenvalue weighted by molar-refractivity contribution is 5.75. The van der Waals surface area contributed by atoms with Crippen LogP contribution in [0, 0.1) is 11.3 Å². The van der Waals surface area contributed by atoms with Crippen molar-refractivity contribution in [1.29, 1.82) is 5.26 Å². The van der Waals surface area contributed by atoms with E-state index in [4.69, 9.17) is 14.2 Å². The van der Waals surface area contributed by atoms with E-state index in [2.05, 4.69) is 64.2 Å². The van der Waals surface area contributed by atoms with Crippen LogP contribution in [0.1, 0.15) is 51.3 Å². The topological polar surface area (TPSA) is 88.4 Å². The minimum Gasteiger partial charge on any atom is -0.481 e. The van der Waals surface area contributed by atoms with Gasteiger partial charge in [0.15, 0.2) is 0 Å². The van der Waals surface area contributed by atoms with Crippen LogP contribution in [0.5, 0.6) is 5.88 Å². The predicted octanol–water partition coefficient (Wildman–Crippen LogP) is 5.70. The van der Waals surface area contributed by atoms with E-state index in [1.54, 1.807) is 13.3 Å². The van der Waals surface area contributed by atoms with Gasteiger partial charge in [0.2, 0.25) is 5.88 Å². The molecule has 42 heavy (non-hydrogen) atoms. The Morgan fingerprint density at radius 3 is 2.48 bits per heavy atom. The van der Waals surface area contributed by atoms with Crippen molar-refractivity contribution in [3.05, 3.63) is 106 Å². The summed E-state index contributed by atoms with van der Waals surface area (Å²) < 4.78 is 18.4. The average Bonchev–Trinajstić information content (AvgIpc) is 3.04.